The smallest absolute Gasteiger partial charge is 0.263 e. The van der Waals surface area contributed by atoms with Crippen LogP contribution in [0.3, 0.4) is 0 Å². The van der Waals surface area contributed by atoms with Gasteiger partial charge in [-0.3, -0.25) is 9.69 Å². The number of benzene rings is 2. The first kappa shape index (κ1) is 19.2. The Hall–Kier alpha value is -2.53. The van der Waals surface area contributed by atoms with Crippen molar-refractivity contribution in [1.82, 2.24) is 9.80 Å². The van der Waals surface area contributed by atoms with Crippen molar-refractivity contribution < 1.29 is 14.3 Å². The van der Waals surface area contributed by atoms with Gasteiger partial charge in [0.1, 0.15) is 11.5 Å². The van der Waals surface area contributed by atoms with Crippen LogP contribution in [-0.4, -0.2) is 55.1 Å². The molecule has 2 aromatic carbocycles. The number of amides is 1. The summed E-state index contributed by atoms with van der Waals surface area (Å²) in [6.07, 6.45) is 0.203. The lowest BCUT2D eigenvalue weighted by molar-refractivity contribution is -0.140. The van der Waals surface area contributed by atoms with Crippen LogP contribution in [0.5, 0.6) is 11.5 Å². The summed E-state index contributed by atoms with van der Waals surface area (Å²) in [5.74, 6) is 1.54. The van der Waals surface area contributed by atoms with Crippen molar-refractivity contribution in [2.75, 3.05) is 33.3 Å². The van der Waals surface area contributed by atoms with Gasteiger partial charge in [-0.2, -0.15) is 0 Å². The van der Waals surface area contributed by atoms with Crippen molar-refractivity contribution in [3.8, 4) is 11.5 Å². The van der Waals surface area contributed by atoms with Crippen LogP contribution in [0.25, 0.3) is 0 Å². The number of carbonyl (C=O) groups is 1. The van der Waals surface area contributed by atoms with Crippen LogP contribution < -0.4 is 9.47 Å². The number of carbonyl (C=O) groups excluding carboxylic acids is 1. The van der Waals surface area contributed by atoms with E-state index in [0.29, 0.717) is 12.2 Å². The molecule has 1 fully saturated rings. The third-order valence-electron chi connectivity index (χ3n) is 4.92. The zero-order valence-corrected chi connectivity index (χ0v) is 16.1. The molecule has 144 valence electrons. The third kappa shape index (κ3) is 5.23. The van der Waals surface area contributed by atoms with Gasteiger partial charge in [0.15, 0.2) is 6.10 Å². The Morgan fingerprint density at radius 1 is 0.963 bits per heavy atom. The number of hydrogen-bond donors (Lipinski definition) is 0. The van der Waals surface area contributed by atoms with E-state index in [-0.39, 0.29) is 5.91 Å². The SMILES string of the molecule is CC[C@H](Oc1ccc(OC)cc1)C(=O)N1CCN(Cc2ccccc2)CC1. The van der Waals surface area contributed by atoms with E-state index in [4.69, 9.17) is 9.47 Å². The molecular formula is C22H28N2O3. The van der Waals surface area contributed by atoms with Crippen molar-refractivity contribution in [2.45, 2.75) is 26.0 Å². The number of methoxy groups -OCH3 is 1. The minimum Gasteiger partial charge on any atom is -0.497 e. The normalized spacial score (nSPS) is 16.0. The number of nitrogens with zero attached hydrogens (tertiary/aromatic N) is 2. The van der Waals surface area contributed by atoms with E-state index in [1.165, 1.54) is 5.56 Å². The minimum absolute atomic E-state index is 0.0766. The Morgan fingerprint density at radius 2 is 1.59 bits per heavy atom. The van der Waals surface area contributed by atoms with E-state index in [0.717, 1.165) is 38.5 Å². The van der Waals surface area contributed by atoms with Crippen LogP contribution in [0, 0.1) is 0 Å². The molecule has 2 aromatic rings. The standard InChI is InChI=1S/C22H28N2O3/c1-3-21(27-20-11-9-19(26-2)10-12-20)22(25)24-15-13-23(14-16-24)17-18-7-5-4-6-8-18/h4-12,21H,3,13-17H2,1-2H3/t21-/m0/s1. The quantitative estimate of drug-likeness (QED) is 0.753. The molecule has 1 aliphatic heterocycles. The molecule has 1 amide bonds. The van der Waals surface area contributed by atoms with Gasteiger partial charge in [-0.15, -0.1) is 0 Å². The Balaban J connectivity index is 1.52. The van der Waals surface area contributed by atoms with Crippen molar-refractivity contribution in [3.05, 3.63) is 60.2 Å². The third-order valence-corrected chi connectivity index (χ3v) is 4.92. The maximum Gasteiger partial charge on any atom is 0.263 e. The first-order valence-electron chi connectivity index (χ1n) is 9.55. The van der Waals surface area contributed by atoms with Gasteiger partial charge in [-0.05, 0) is 36.2 Å². The zero-order valence-electron chi connectivity index (χ0n) is 16.1. The molecule has 5 nitrogen and oxygen atoms in total. The van der Waals surface area contributed by atoms with Crippen molar-refractivity contribution in [2.24, 2.45) is 0 Å². The molecule has 0 N–H and O–H groups in total. The predicted molar refractivity (Wildman–Crippen MR) is 106 cm³/mol. The average Bonchev–Trinajstić information content (AvgIpc) is 2.73. The molecule has 5 heteroatoms. The fourth-order valence-electron chi connectivity index (χ4n) is 3.30. The summed E-state index contributed by atoms with van der Waals surface area (Å²) in [6, 6.07) is 17.8. The molecule has 0 unspecified atom stereocenters. The van der Waals surface area contributed by atoms with Gasteiger partial charge in [0.2, 0.25) is 0 Å². The highest BCUT2D eigenvalue weighted by Crippen LogP contribution is 2.20. The second-order valence-electron chi connectivity index (χ2n) is 6.78. The van der Waals surface area contributed by atoms with E-state index in [1.54, 1.807) is 7.11 Å². The Labute approximate surface area is 161 Å². The summed E-state index contributed by atoms with van der Waals surface area (Å²) in [6.45, 7) is 6.18. The lowest BCUT2D eigenvalue weighted by Gasteiger charge is -2.36. The lowest BCUT2D eigenvalue weighted by Crippen LogP contribution is -2.52. The fraction of sp³-hybridized carbons (Fsp3) is 0.409. The molecule has 0 aliphatic carbocycles. The molecule has 0 bridgehead atoms. The predicted octanol–water partition coefficient (Wildman–Crippen LogP) is 3.20. The second-order valence-corrected chi connectivity index (χ2v) is 6.78. The van der Waals surface area contributed by atoms with Gasteiger partial charge < -0.3 is 14.4 Å². The summed E-state index contributed by atoms with van der Waals surface area (Å²) in [5, 5.41) is 0. The summed E-state index contributed by atoms with van der Waals surface area (Å²) in [5.41, 5.74) is 1.31. The molecule has 1 heterocycles. The Bertz CT molecular complexity index is 710. The molecule has 1 atom stereocenters. The van der Waals surface area contributed by atoms with E-state index < -0.39 is 6.10 Å². The van der Waals surface area contributed by atoms with Gasteiger partial charge in [0.05, 0.1) is 7.11 Å². The Kier molecular flexibility index (Phi) is 6.71. The van der Waals surface area contributed by atoms with Gasteiger partial charge in [-0.25, -0.2) is 0 Å². The molecule has 0 radical (unpaired) electrons. The maximum atomic E-state index is 12.9. The summed E-state index contributed by atoms with van der Waals surface area (Å²) < 4.78 is 11.1. The first-order valence-corrected chi connectivity index (χ1v) is 9.55. The topological polar surface area (TPSA) is 42.0 Å². The summed E-state index contributed by atoms with van der Waals surface area (Å²) in [4.78, 5) is 17.2. The minimum atomic E-state index is -0.445. The van der Waals surface area contributed by atoms with Crippen LogP contribution in [0.15, 0.2) is 54.6 Å². The molecule has 0 saturated carbocycles. The fourth-order valence-corrected chi connectivity index (χ4v) is 3.30. The highest BCUT2D eigenvalue weighted by Gasteiger charge is 2.27. The summed E-state index contributed by atoms with van der Waals surface area (Å²) >= 11 is 0. The number of ether oxygens (including phenoxy) is 2. The maximum absolute atomic E-state index is 12.9. The van der Waals surface area contributed by atoms with Gasteiger partial charge >= 0.3 is 0 Å². The highest BCUT2D eigenvalue weighted by atomic mass is 16.5. The van der Waals surface area contributed by atoms with Crippen LogP contribution in [-0.2, 0) is 11.3 Å². The largest absolute Gasteiger partial charge is 0.497 e. The van der Waals surface area contributed by atoms with Crippen molar-refractivity contribution in [1.29, 1.82) is 0 Å². The number of hydrogen-bond acceptors (Lipinski definition) is 4. The second kappa shape index (κ2) is 9.42. The van der Waals surface area contributed by atoms with Gasteiger partial charge in [0, 0.05) is 32.7 Å². The van der Waals surface area contributed by atoms with E-state index >= 15 is 0 Å². The zero-order chi connectivity index (χ0) is 19.1. The monoisotopic (exact) mass is 368 g/mol. The van der Waals surface area contributed by atoms with E-state index in [9.17, 15) is 4.79 Å². The van der Waals surface area contributed by atoms with Crippen LogP contribution in [0.1, 0.15) is 18.9 Å². The molecule has 1 saturated heterocycles. The Morgan fingerprint density at radius 3 is 2.19 bits per heavy atom. The number of piperazine rings is 1. The molecule has 1 aliphatic rings. The molecule has 0 aromatic heterocycles. The van der Waals surface area contributed by atoms with Crippen molar-refractivity contribution in [3.63, 3.8) is 0 Å². The van der Waals surface area contributed by atoms with Gasteiger partial charge in [0.25, 0.3) is 5.91 Å². The van der Waals surface area contributed by atoms with E-state index in [2.05, 4.69) is 29.2 Å². The van der Waals surface area contributed by atoms with E-state index in [1.807, 2.05) is 42.2 Å². The highest BCUT2D eigenvalue weighted by molar-refractivity contribution is 5.81. The van der Waals surface area contributed by atoms with Crippen LogP contribution in [0.2, 0.25) is 0 Å². The summed E-state index contributed by atoms with van der Waals surface area (Å²) in [7, 11) is 1.63. The van der Waals surface area contributed by atoms with Crippen LogP contribution >= 0.6 is 0 Å². The first-order chi connectivity index (χ1) is 13.2. The molecule has 27 heavy (non-hydrogen) atoms. The molecule has 0 spiro atoms. The molecular weight excluding hydrogens is 340 g/mol. The van der Waals surface area contributed by atoms with Crippen molar-refractivity contribution >= 4 is 5.91 Å². The lowest BCUT2D eigenvalue weighted by atomic mass is 10.1. The van der Waals surface area contributed by atoms with Crippen LogP contribution in [0.4, 0.5) is 0 Å². The molecule has 3 rings (SSSR count). The number of rotatable bonds is 7. The van der Waals surface area contributed by atoms with Gasteiger partial charge in [-0.1, -0.05) is 37.3 Å². The average molecular weight is 368 g/mol.